The number of ether oxygens (including phenoxy) is 1. The summed E-state index contributed by atoms with van der Waals surface area (Å²) in [5, 5.41) is 2.83. The van der Waals surface area contributed by atoms with Gasteiger partial charge in [-0.05, 0) is 48.5 Å². The highest BCUT2D eigenvalue weighted by Crippen LogP contribution is 2.23. The first-order valence-corrected chi connectivity index (χ1v) is 11.7. The molecule has 0 radical (unpaired) electrons. The molecule has 0 aliphatic rings. The summed E-state index contributed by atoms with van der Waals surface area (Å²) in [5.41, 5.74) is 1.97. The van der Waals surface area contributed by atoms with Crippen molar-refractivity contribution in [3.05, 3.63) is 84.7 Å². The fraction of sp³-hybridized carbons (Fsp3) is 0.130. The van der Waals surface area contributed by atoms with Crippen molar-refractivity contribution >= 4 is 32.5 Å². The van der Waals surface area contributed by atoms with Gasteiger partial charge in [-0.3, -0.25) is 4.79 Å². The molecule has 0 atom stereocenters. The number of hydrogen-bond donors (Lipinski definition) is 1. The molecule has 1 N–H and O–H groups in total. The smallest absolute Gasteiger partial charge is 0.244 e. The van der Waals surface area contributed by atoms with Crippen LogP contribution in [-0.2, 0) is 26.9 Å². The van der Waals surface area contributed by atoms with Crippen molar-refractivity contribution in [1.82, 2.24) is 9.55 Å². The molecule has 0 saturated carbocycles. The van der Waals surface area contributed by atoms with Gasteiger partial charge in [-0.1, -0.05) is 30.3 Å². The van der Waals surface area contributed by atoms with Crippen molar-refractivity contribution < 1.29 is 17.9 Å². The molecule has 0 fully saturated rings. The predicted octanol–water partition coefficient (Wildman–Crippen LogP) is 4.01. The number of nitrogens with zero attached hydrogens (tertiary/aromatic N) is 2. The Morgan fingerprint density at radius 2 is 1.58 bits per heavy atom. The van der Waals surface area contributed by atoms with Crippen LogP contribution in [0.25, 0.3) is 11.0 Å². The zero-order valence-electron chi connectivity index (χ0n) is 16.9. The molecule has 158 valence electrons. The molecule has 0 unspecified atom stereocenters. The second-order valence-corrected chi connectivity index (χ2v) is 9.30. The van der Waals surface area contributed by atoms with Crippen LogP contribution in [0.4, 0.5) is 5.69 Å². The van der Waals surface area contributed by atoms with Crippen LogP contribution in [0.15, 0.2) is 78.9 Å². The quantitative estimate of drug-likeness (QED) is 0.474. The molecule has 7 nitrogen and oxygen atoms in total. The highest BCUT2D eigenvalue weighted by molar-refractivity contribution is 7.89. The number of aromatic nitrogens is 2. The van der Waals surface area contributed by atoms with Gasteiger partial charge < -0.3 is 14.6 Å². The van der Waals surface area contributed by atoms with Crippen LogP contribution < -0.4 is 10.1 Å². The Morgan fingerprint density at radius 1 is 0.935 bits per heavy atom. The van der Waals surface area contributed by atoms with E-state index in [2.05, 4.69) is 10.3 Å². The summed E-state index contributed by atoms with van der Waals surface area (Å²) in [6, 6.07) is 23.7. The lowest BCUT2D eigenvalue weighted by Gasteiger charge is -2.11. The summed E-state index contributed by atoms with van der Waals surface area (Å²) >= 11 is 0. The lowest BCUT2D eigenvalue weighted by atomic mass is 10.3. The summed E-state index contributed by atoms with van der Waals surface area (Å²) < 4.78 is 31.0. The summed E-state index contributed by atoms with van der Waals surface area (Å²) in [4.78, 5) is 17.1. The average Bonchev–Trinajstić information content (AvgIpc) is 3.05. The monoisotopic (exact) mass is 435 g/mol. The Hall–Kier alpha value is -3.65. The van der Waals surface area contributed by atoms with Crippen molar-refractivity contribution in [2.75, 3.05) is 11.6 Å². The first kappa shape index (κ1) is 20.6. The number of anilines is 1. The number of nitrogens with one attached hydrogen (secondary N) is 1. The number of hydrogen-bond acceptors (Lipinski definition) is 5. The number of sulfone groups is 1. The van der Waals surface area contributed by atoms with E-state index >= 15 is 0 Å². The maximum atomic E-state index is 12.7. The van der Waals surface area contributed by atoms with E-state index < -0.39 is 9.84 Å². The van der Waals surface area contributed by atoms with Crippen molar-refractivity contribution in [2.24, 2.45) is 0 Å². The second kappa shape index (κ2) is 8.61. The molecule has 1 heterocycles. The van der Waals surface area contributed by atoms with Gasteiger partial charge in [0.25, 0.3) is 0 Å². The molecular formula is C23H21N3O4S. The topological polar surface area (TPSA) is 90.3 Å². The summed E-state index contributed by atoms with van der Waals surface area (Å²) in [5.74, 6) is 1.20. The van der Waals surface area contributed by atoms with Crippen molar-refractivity contribution in [1.29, 1.82) is 0 Å². The normalized spacial score (nSPS) is 11.4. The molecule has 4 rings (SSSR count). The fourth-order valence-corrected chi connectivity index (χ4v) is 3.91. The van der Waals surface area contributed by atoms with Gasteiger partial charge in [0.05, 0.1) is 11.0 Å². The third-order valence-electron chi connectivity index (χ3n) is 4.54. The molecular weight excluding hydrogens is 414 g/mol. The zero-order valence-corrected chi connectivity index (χ0v) is 17.7. The number of carbonyl (C=O) groups is 1. The minimum Gasteiger partial charge on any atom is -0.457 e. The highest BCUT2D eigenvalue weighted by Gasteiger charge is 2.17. The van der Waals surface area contributed by atoms with E-state index in [0.29, 0.717) is 28.3 Å². The number of para-hydroxylation sites is 3. The number of fused-ring (bicyclic) bond motifs is 1. The Balaban J connectivity index is 1.48. The Labute approximate surface area is 180 Å². The number of imidazole rings is 1. The van der Waals surface area contributed by atoms with Gasteiger partial charge in [-0.2, -0.15) is 0 Å². The molecule has 1 amide bonds. The van der Waals surface area contributed by atoms with E-state index in [1.165, 1.54) is 0 Å². The average molecular weight is 436 g/mol. The highest BCUT2D eigenvalue weighted by atomic mass is 32.2. The van der Waals surface area contributed by atoms with Gasteiger partial charge >= 0.3 is 0 Å². The van der Waals surface area contributed by atoms with Crippen LogP contribution >= 0.6 is 0 Å². The van der Waals surface area contributed by atoms with Gasteiger partial charge in [0.1, 0.15) is 29.6 Å². The maximum absolute atomic E-state index is 12.7. The van der Waals surface area contributed by atoms with Gasteiger partial charge in [0.2, 0.25) is 5.91 Å². The van der Waals surface area contributed by atoms with Crippen LogP contribution in [0, 0.1) is 0 Å². The third kappa shape index (κ3) is 5.29. The summed E-state index contributed by atoms with van der Waals surface area (Å²) in [7, 11) is -3.30. The molecule has 3 aromatic carbocycles. The van der Waals surface area contributed by atoms with Crippen LogP contribution in [0.5, 0.6) is 11.5 Å². The van der Waals surface area contributed by atoms with Crippen LogP contribution in [0.2, 0.25) is 0 Å². The summed E-state index contributed by atoms with van der Waals surface area (Å²) in [6.07, 6.45) is 1.15. The van der Waals surface area contributed by atoms with E-state index in [-0.39, 0.29) is 18.2 Å². The molecule has 4 aromatic rings. The van der Waals surface area contributed by atoms with E-state index in [0.717, 1.165) is 12.0 Å². The lowest BCUT2D eigenvalue weighted by Crippen LogP contribution is -2.21. The molecule has 8 heteroatoms. The maximum Gasteiger partial charge on any atom is 0.244 e. The second-order valence-electron chi connectivity index (χ2n) is 7.16. The molecule has 0 bridgehead atoms. The van der Waals surface area contributed by atoms with E-state index in [1.54, 1.807) is 34.9 Å². The molecule has 0 aliphatic heterocycles. The van der Waals surface area contributed by atoms with Crippen LogP contribution in [0.1, 0.15) is 5.82 Å². The first-order chi connectivity index (χ1) is 14.9. The number of benzene rings is 3. The Bertz CT molecular complexity index is 1310. The van der Waals surface area contributed by atoms with E-state index in [1.807, 2.05) is 48.5 Å². The minimum absolute atomic E-state index is 0.0480. The number of carbonyl (C=O) groups excluding carboxylic acids is 1. The number of amides is 1. The predicted molar refractivity (Wildman–Crippen MR) is 120 cm³/mol. The van der Waals surface area contributed by atoms with Gasteiger partial charge in [-0.25, -0.2) is 13.4 Å². The SMILES string of the molecule is CS(=O)(=O)Cc1nc2ccccc2n1CC(=O)Nc1ccc(Oc2ccccc2)cc1. The lowest BCUT2D eigenvalue weighted by molar-refractivity contribution is -0.116. The van der Waals surface area contributed by atoms with Crippen molar-refractivity contribution in [3.63, 3.8) is 0 Å². The molecule has 0 spiro atoms. The van der Waals surface area contributed by atoms with Crippen LogP contribution in [-0.4, -0.2) is 30.1 Å². The molecule has 1 aromatic heterocycles. The zero-order chi connectivity index (χ0) is 21.8. The minimum atomic E-state index is -3.30. The van der Waals surface area contributed by atoms with Crippen molar-refractivity contribution in [2.45, 2.75) is 12.3 Å². The van der Waals surface area contributed by atoms with Gasteiger partial charge in [0, 0.05) is 11.9 Å². The van der Waals surface area contributed by atoms with E-state index in [9.17, 15) is 13.2 Å². The molecule has 0 saturated heterocycles. The number of rotatable bonds is 7. The van der Waals surface area contributed by atoms with Crippen LogP contribution in [0.3, 0.4) is 0 Å². The Morgan fingerprint density at radius 3 is 2.29 bits per heavy atom. The Kier molecular flexibility index (Phi) is 5.73. The summed E-state index contributed by atoms with van der Waals surface area (Å²) in [6.45, 7) is -0.0480. The van der Waals surface area contributed by atoms with Gasteiger partial charge in [0.15, 0.2) is 9.84 Å². The first-order valence-electron chi connectivity index (χ1n) is 9.62. The van der Waals surface area contributed by atoms with E-state index in [4.69, 9.17) is 4.74 Å². The largest absolute Gasteiger partial charge is 0.457 e. The standard InChI is InChI=1S/C23H21N3O4S/c1-31(28,29)16-22-25-20-9-5-6-10-21(20)26(22)15-23(27)24-17-11-13-19(14-12-17)30-18-7-3-2-4-8-18/h2-14H,15-16H2,1H3,(H,24,27). The van der Waals surface area contributed by atoms with Gasteiger partial charge in [-0.15, -0.1) is 0 Å². The molecule has 31 heavy (non-hydrogen) atoms. The third-order valence-corrected chi connectivity index (χ3v) is 5.33. The van der Waals surface area contributed by atoms with Crippen molar-refractivity contribution in [3.8, 4) is 11.5 Å². The molecule has 0 aliphatic carbocycles. The fourth-order valence-electron chi connectivity index (χ4n) is 3.22.